The maximum Gasteiger partial charge on any atom is 0.251 e. The molecule has 1 aromatic rings. The van der Waals surface area contributed by atoms with Crippen molar-refractivity contribution >= 4 is 11.6 Å². The van der Waals surface area contributed by atoms with Crippen molar-refractivity contribution < 1.29 is 19.0 Å². The zero-order chi connectivity index (χ0) is 16.1. The summed E-state index contributed by atoms with van der Waals surface area (Å²) < 4.78 is 16.3. The number of morpholine rings is 1. The average molecular weight is 320 g/mol. The minimum atomic E-state index is -0.0845. The van der Waals surface area contributed by atoms with Crippen LogP contribution in [-0.2, 0) is 14.2 Å². The van der Waals surface area contributed by atoms with Gasteiger partial charge >= 0.3 is 0 Å². The van der Waals surface area contributed by atoms with Crippen LogP contribution in [0.2, 0.25) is 0 Å². The lowest BCUT2D eigenvalue weighted by molar-refractivity contribution is 0.0402. The molecule has 0 saturated carbocycles. The molecule has 6 heteroatoms. The number of carbonyl (C=O) groups is 1. The molecule has 0 bridgehead atoms. The van der Waals surface area contributed by atoms with Crippen LogP contribution in [0.5, 0.6) is 0 Å². The van der Waals surface area contributed by atoms with Crippen molar-refractivity contribution in [1.82, 2.24) is 5.32 Å². The summed E-state index contributed by atoms with van der Waals surface area (Å²) in [6, 6.07) is 7.63. The normalized spacial score (nSPS) is 24.7. The zero-order valence-electron chi connectivity index (χ0n) is 13.5. The van der Waals surface area contributed by atoms with Gasteiger partial charge in [0.15, 0.2) is 0 Å². The molecule has 0 spiro atoms. The Hall–Kier alpha value is -1.63. The van der Waals surface area contributed by atoms with Gasteiger partial charge in [0, 0.05) is 30.9 Å². The van der Waals surface area contributed by atoms with Crippen molar-refractivity contribution in [3.63, 3.8) is 0 Å². The van der Waals surface area contributed by atoms with E-state index >= 15 is 0 Å². The Morgan fingerprint density at radius 3 is 2.65 bits per heavy atom. The van der Waals surface area contributed by atoms with E-state index < -0.39 is 0 Å². The minimum absolute atomic E-state index is 0.0587. The molecule has 2 atom stereocenters. The molecule has 3 rings (SSSR count). The van der Waals surface area contributed by atoms with Crippen molar-refractivity contribution in [1.29, 1.82) is 0 Å². The monoisotopic (exact) mass is 320 g/mol. The second-order valence-electron chi connectivity index (χ2n) is 5.76. The molecule has 2 fully saturated rings. The van der Waals surface area contributed by atoms with E-state index in [0.29, 0.717) is 25.4 Å². The number of benzene rings is 1. The smallest absolute Gasteiger partial charge is 0.251 e. The first-order valence-electron chi connectivity index (χ1n) is 8.21. The van der Waals surface area contributed by atoms with Crippen LogP contribution in [-0.4, -0.2) is 64.2 Å². The third-order valence-corrected chi connectivity index (χ3v) is 4.23. The molecule has 0 aromatic heterocycles. The maximum atomic E-state index is 12.4. The predicted octanol–water partition coefficient (Wildman–Crippen LogP) is 1.06. The number of ether oxygens (including phenoxy) is 3. The van der Waals surface area contributed by atoms with Gasteiger partial charge in [0.25, 0.3) is 5.91 Å². The third kappa shape index (κ3) is 4.02. The molecule has 126 valence electrons. The standard InChI is InChI=1S/C17H24N2O4/c1-2-23-16-12-22-11-15(16)18-17(20)13-3-5-14(6-4-13)19-7-9-21-10-8-19/h3-6,15-16H,2,7-12H2,1H3,(H,18,20)/t15-,16-/m0/s1. The molecule has 23 heavy (non-hydrogen) atoms. The average Bonchev–Trinajstić information content (AvgIpc) is 3.03. The van der Waals surface area contributed by atoms with Crippen LogP contribution in [0.15, 0.2) is 24.3 Å². The van der Waals surface area contributed by atoms with Crippen LogP contribution in [0.3, 0.4) is 0 Å². The number of nitrogens with one attached hydrogen (secondary N) is 1. The van der Waals surface area contributed by atoms with Gasteiger partial charge in [-0.3, -0.25) is 4.79 Å². The van der Waals surface area contributed by atoms with Gasteiger partial charge in [0.1, 0.15) is 6.10 Å². The highest BCUT2D eigenvalue weighted by molar-refractivity contribution is 5.94. The van der Waals surface area contributed by atoms with Gasteiger partial charge in [0.05, 0.1) is 32.5 Å². The highest BCUT2D eigenvalue weighted by Gasteiger charge is 2.30. The van der Waals surface area contributed by atoms with Gasteiger partial charge < -0.3 is 24.4 Å². The Balaban J connectivity index is 1.59. The summed E-state index contributed by atoms with van der Waals surface area (Å²) >= 11 is 0. The van der Waals surface area contributed by atoms with Crippen LogP contribution >= 0.6 is 0 Å². The summed E-state index contributed by atoms with van der Waals surface area (Å²) in [6.45, 7) is 6.89. The van der Waals surface area contributed by atoms with E-state index in [-0.39, 0.29) is 18.1 Å². The topological polar surface area (TPSA) is 60.0 Å². The molecule has 1 amide bonds. The lowest BCUT2D eigenvalue weighted by Gasteiger charge is -2.28. The summed E-state index contributed by atoms with van der Waals surface area (Å²) in [6.07, 6.45) is -0.0587. The van der Waals surface area contributed by atoms with Gasteiger partial charge in [-0.1, -0.05) is 0 Å². The lowest BCUT2D eigenvalue weighted by atomic mass is 10.1. The second kappa shape index (κ2) is 7.77. The van der Waals surface area contributed by atoms with E-state index in [2.05, 4.69) is 10.2 Å². The van der Waals surface area contributed by atoms with Crippen molar-refractivity contribution in [3.8, 4) is 0 Å². The van der Waals surface area contributed by atoms with Crippen LogP contribution in [0.1, 0.15) is 17.3 Å². The number of nitrogens with zero attached hydrogens (tertiary/aromatic N) is 1. The van der Waals surface area contributed by atoms with Gasteiger partial charge in [-0.05, 0) is 31.2 Å². The molecule has 1 N–H and O–H groups in total. The number of hydrogen-bond donors (Lipinski definition) is 1. The van der Waals surface area contributed by atoms with E-state index in [1.807, 2.05) is 31.2 Å². The van der Waals surface area contributed by atoms with Crippen molar-refractivity contribution in [2.45, 2.75) is 19.1 Å². The fraction of sp³-hybridized carbons (Fsp3) is 0.588. The van der Waals surface area contributed by atoms with Crippen LogP contribution < -0.4 is 10.2 Å². The molecular formula is C17H24N2O4. The number of rotatable bonds is 5. The fourth-order valence-corrected chi connectivity index (χ4v) is 2.94. The molecule has 2 aliphatic rings. The Morgan fingerprint density at radius 2 is 1.96 bits per heavy atom. The summed E-state index contributed by atoms with van der Waals surface area (Å²) in [5.41, 5.74) is 1.78. The zero-order valence-corrected chi connectivity index (χ0v) is 13.5. The van der Waals surface area contributed by atoms with Crippen molar-refractivity contribution in [2.75, 3.05) is 51.0 Å². The Kier molecular flexibility index (Phi) is 5.48. The first-order valence-corrected chi connectivity index (χ1v) is 8.21. The van der Waals surface area contributed by atoms with E-state index in [1.165, 1.54) is 0 Å². The van der Waals surface area contributed by atoms with E-state index in [9.17, 15) is 4.79 Å². The van der Waals surface area contributed by atoms with Gasteiger partial charge in [-0.2, -0.15) is 0 Å². The quantitative estimate of drug-likeness (QED) is 0.879. The Bertz CT molecular complexity index is 514. The van der Waals surface area contributed by atoms with Crippen LogP contribution in [0, 0.1) is 0 Å². The van der Waals surface area contributed by atoms with E-state index in [4.69, 9.17) is 14.2 Å². The molecule has 1 aromatic carbocycles. The highest BCUT2D eigenvalue weighted by Crippen LogP contribution is 2.17. The number of hydrogen-bond acceptors (Lipinski definition) is 5. The SMILES string of the molecule is CCO[C@H]1COC[C@@H]1NC(=O)c1ccc(N2CCOCC2)cc1. The van der Waals surface area contributed by atoms with Crippen LogP contribution in [0.4, 0.5) is 5.69 Å². The van der Waals surface area contributed by atoms with Crippen molar-refractivity contribution in [2.24, 2.45) is 0 Å². The van der Waals surface area contributed by atoms with Gasteiger partial charge in [-0.25, -0.2) is 0 Å². The molecule has 0 radical (unpaired) electrons. The first kappa shape index (κ1) is 16.2. The third-order valence-electron chi connectivity index (χ3n) is 4.23. The largest absolute Gasteiger partial charge is 0.378 e. The van der Waals surface area contributed by atoms with Gasteiger partial charge in [0.2, 0.25) is 0 Å². The highest BCUT2D eigenvalue weighted by atomic mass is 16.5. The number of anilines is 1. The number of amides is 1. The molecule has 2 saturated heterocycles. The van der Waals surface area contributed by atoms with E-state index in [1.54, 1.807) is 0 Å². The van der Waals surface area contributed by atoms with Crippen molar-refractivity contribution in [3.05, 3.63) is 29.8 Å². The van der Waals surface area contributed by atoms with Crippen LogP contribution in [0.25, 0.3) is 0 Å². The molecule has 2 heterocycles. The Morgan fingerprint density at radius 1 is 1.22 bits per heavy atom. The molecule has 6 nitrogen and oxygen atoms in total. The molecule has 0 aliphatic carbocycles. The Labute approximate surface area is 136 Å². The maximum absolute atomic E-state index is 12.4. The molecule has 0 unspecified atom stereocenters. The predicted molar refractivity (Wildman–Crippen MR) is 87.0 cm³/mol. The summed E-state index contributed by atoms with van der Waals surface area (Å²) in [5, 5.41) is 3.01. The van der Waals surface area contributed by atoms with Gasteiger partial charge in [-0.15, -0.1) is 0 Å². The number of carbonyl (C=O) groups excluding carboxylic acids is 1. The summed E-state index contributed by atoms with van der Waals surface area (Å²) in [5.74, 6) is -0.0845. The minimum Gasteiger partial charge on any atom is -0.378 e. The lowest BCUT2D eigenvalue weighted by Crippen LogP contribution is -2.43. The molecular weight excluding hydrogens is 296 g/mol. The fourth-order valence-electron chi connectivity index (χ4n) is 2.94. The van der Waals surface area contributed by atoms with E-state index in [0.717, 1.165) is 32.0 Å². The molecule has 2 aliphatic heterocycles. The second-order valence-corrected chi connectivity index (χ2v) is 5.76. The first-order chi connectivity index (χ1) is 11.3. The summed E-state index contributed by atoms with van der Waals surface area (Å²) in [4.78, 5) is 14.6. The summed E-state index contributed by atoms with van der Waals surface area (Å²) in [7, 11) is 0.